The second-order valence-electron chi connectivity index (χ2n) is 6.44. The van der Waals surface area contributed by atoms with Crippen LogP contribution in [0.2, 0.25) is 0 Å². The molecule has 23 heavy (non-hydrogen) atoms. The SMILES string of the molecule is CC(C)OCC(O)CN1CCC(OCc2ccccc2F)CC1. The average Bonchev–Trinajstić information content (AvgIpc) is 2.53. The minimum Gasteiger partial charge on any atom is -0.389 e. The first-order valence-electron chi connectivity index (χ1n) is 8.41. The van der Waals surface area contributed by atoms with Crippen molar-refractivity contribution in [3.8, 4) is 0 Å². The smallest absolute Gasteiger partial charge is 0.128 e. The lowest BCUT2D eigenvalue weighted by atomic mass is 10.1. The number of hydrogen-bond donors (Lipinski definition) is 1. The van der Waals surface area contributed by atoms with Crippen molar-refractivity contribution in [1.82, 2.24) is 4.90 Å². The molecular weight excluding hydrogens is 297 g/mol. The number of piperidine rings is 1. The summed E-state index contributed by atoms with van der Waals surface area (Å²) >= 11 is 0. The molecule has 0 aromatic heterocycles. The van der Waals surface area contributed by atoms with Crippen molar-refractivity contribution >= 4 is 0 Å². The maximum Gasteiger partial charge on any atom is 0.128 e. The first-order valence-corrected chi connectivity index (χ1v) is 8.41. The van der Waals surface area contributed by atoms with Crippen LogP contribution in [0.3, 0.4) is 0 Å². The van der Waals surface area contributed by atoms with Crippen LogP contribution in [-0.4, -0.2) is 54.6 Å². The summed E-state index contributed by atoms with van der Waals surface area (Å²) in [6.45, 7) is 7.04. The summed E-state index contributed by atoms with van der Waals surface area (Å²) in [6.07, 6.45) is 1.67. The van der Waals surface area contributed by atoms with Gasteiger partial charge in [-0.25, -0.2) is 4.39 Å². The molecule has 1 heterocycles. The summed E-state index contributed by atoms with van der Waals surface area (Å²) in [7, 11) is 0. The Bertz CT molecular complexity index is 461. The van der Waals surface area contributed by atoms with E-state index in [4.69, 9.17) is 9.47 Å². The lowest BCUT2D eigenvalue weighted by Gasteiger charge is -2.33. The topological polar surface area (TPSA) is 41.9 Å². The van der Waals surface area contributed by atoms with Crippen LogP contribution in [0, 0.1) is 5.82 Å². The Kier molecular flexibility index (Phi) is 7.43. The number of rotatable bonds is 8. The molecule has 0 radical (unpaired) electrons. The van der Waals surface area contributed by atoms with Crippen LogP contribution in [0.4, 0.5) is 4.39 Å². The Morgan fingerprint density at radius 1 is 1.26 bits per heavy atom. The van der Waals surface area contributed by atoms with Crippen LogP contribution in [-0.2, 0) is 16.1 Å². The molecule has 1 fully saturated rings. The van der Waals surface area contributed by atoms with Crippen LogP contribution >= 0.6 is 0 Å². The van der Waals surface area contributed by atoms with Crippen molar-refractivity contribution in [3.05, 3.63) is 35.6 Å². The zero-order valence-corrected chi connectivity index (χ0v) is 14.1. The number of halogens is 1. The van der Waals surface area contributed by atoms with E-state index in [9.17, 15) is 9.50 Å². The fourth-order valence-electron chi connectivity index (χ4n) is 2.74. The third-order valence-electron chi connectivity index (χ3n) is 4.06. The van der Waals surface area contributed by atoms with Gasteiger partial charge >= 0.3 is 0 Å². The van der Waals surface area contributed by atoms with Crippen LogP contribution in [0.1, 0.15) is 32.3 Å². The number of likely N-dealkylation sites (tertiary alicyclic amines) is 1. The van der Waals surface area contributed by atoms with Crippen LogP contribution in [0.5, 0.6) is 0 Å². The molecule has 0 amide bonds. The molecule has 1 unspecified atom stereocenters. The van der Waals surface area contributed by atoms with Gasteiger partial charge in [0, 0.05) is 25.2 Å². The van der Waals surface area contributed by atoms with Gasteiger partial charge in [-0.2, -0.15) is 0 Å². The molecule has 0 aliphatic carbocycles. The van der Waals surface area contributed by atoms with E-state index in [1.165, 1.54) is 6.07 Å². The predicted molar refractivity (Wildman–Crippen MR) is 87.7 cm³/mol. The lowest BCUT2D eigenvalue weighted by Crippen LogP contribution is -2.42. The van der Waals surface area contributed by atoms with E-state index >= 15 is 0 Å². The van der Waals surface area contributed by atoms with E-state index in [1.807, 2.05) is 19.9 Å². The van der Waals surface area contributed by atoms with Crippen LogP contribution in [0.25, 0.3) is 0 Å². The normalized spacial score (nSPS) is 18.5. The zero-order valence-electron chi connectivity index (χ0n) is 14.1. The number of hydrogen-bond acceptors (Lipinski definition) is 4. The highest BCUT2D eigenvalue weighted by Crippen LogP contribution is 2.17. The highest BCUT2D eigenvalue weighted by molar-refractivity contribution is 5.16. The molecule has 4 nitrogen and oxygen atoms in total. The first kappa shape index (κ1) is 18.3. The molecule has 1 N–H and O–H groups in total. The van der Waals surface area contributed by atoms with E-state index in [1.54, 1.807) is 12.1 Å². The molecule has 0 saturated carbocycles. The number of β-amino-alcohol motifs (C(OH)–C–C–N with tert-alkyl or cyclic N) is 1. The highest BCUT2D eigenvalue weighted by atomic mass is 19.1. The Balaban J connectivity index is 1.65. The van der Waals surface area contributed by atoms with Crippen LogP contribution < -0.4 is 0 Å². The molecule has 1 saturated heterocycles. The molecule has 5 heteroatoms. The third-order valence-corrected chi connectivity index (χ3v) is 4.06. The number of aliphatic hydroxyl groups excluding tert-OH is 1. The largest absolute Gasteiger partial charge is 0.389 e. The summed E-state index contributed by atoms with van der Waals surface area (Å²) in [5, 5.41) is 9.96. The van der Waals surface area contributed by atoms with Gasteiger partial charge in [0.1, 0.15) is 5.82 Å². The monoisotopic (exact) mass is 325 g/mol. The van der Waals surface area contributed by atoms with Gasteiger partial charge in [0.05, 0.1) is 31.5 Å². The van der Waals surface area contributed by atoms with Crippen molar-refractivity contribution in [2.45, 2.75) is 51.6 Å². The summed E-state index contributed by atoms with van der Waals surface area (Å²) < 4.78 is 24.8. The molecule has 1 aliphatic heterocycles. The van der Waals surface area contributed by atoms with E-state index in [0.717, 1.165) is 25.9 Å². The molecule has 2 rings (SSSR count). The second kappa shape index (κ2) is 9.33. The van der Waals surface area contributed by atoms with Crippen molar-refractivity contribution < 1.29 is 19.0 Å². The standard InChI is InChI=1S/C18H28FNO3/c1-14(2)22-13-16(21)11-20-9-7-17(8-10-20)23-12-15-5-3-4-6-18(15)19/h3-6,14,16-17,21H,7-13H2,1-2H3. The Morgan fingerprint density at radius 3 is 2.61 bits per heavy atom. The maximum absolute atomic E-state index is 13.6. The van der Waals surface area contributed by atoms with Gasteiger partial charge < -0.3 is 19.5 Å². The number of benzene rings is 1. The molecular formula is C18H28FNO3. The zero-order chi connectivity index (χ0) is 16.7. The molecule has 130 valence electrons. The molecule has 1 aromatic carbocycles. The minimum absolute atomic E-state index is 0.141. The Morgan fingerprint density at radius 2 is 1.96 bits per heavy atom. The fourth-order valence-corrected chi connectivity index (χ4v) is 2.74. The van der Waals surface area contributed by atoms with Gasteiger partial charge in [-0.05, 0) is 32.8 Å². The number of aliphatic hydroxyl groups is 1. The fraction of sp³-hybridized carbons (Fsp3) is 0.667. The third kappa shape index (κ3) is 6.55. The molecule has 1 atom stereocenters. The van der Waals surface area contributed by atoms with Crippen molar-refractivity contribution in [2.24, 2.45) is 0 Å². The minimum atomic E-state index is -0.451. The van der Waals surface area contributed by atoms with Gasteiger partial charge in [-0.3, -0.25) is 0 Å². The molecule has 0 bridgehead atoms. The van der Waals surface area contributed by atoms with Gasteiger partial charge in [-0.15, -0.1) is 0 Å². The van der Waals surface area contributed by atoms with Crippen molar-refractivity contribution in [2.75, 3.05) is 26.2 Å². The average molecular weight is 325 g/mol. The lowest BCUT2D eigenvalue weighted by molar-refractivity contribution is -0.0319. The number of nitrogens with zero attached hydrogens (tertiary/aromatic N) is 1. The molecule has 1 aromatic rings. The molecule has 1 aliphatic rings. The van der Waals surface area contributed by atoms with Gasteiger partial charge in [-0.1, -0.05) is 18.2 Å². The van der Waals surface area contributed by atoms with Crippen molar-refractivity contribution in [1.29, 1.82) is 0 Å². The van der Waals surface area contributed by atoms with E-state index in [2.05, 4.69) is 4.90 Å². The van der Waals surface area contributed by atoms with Gasteiger partial charge in [0.2, 0.25) is 0 Å². The summed E-state index contributed by atoms with van der Waals surface area (Å²) in [5.41, 5.74) is 0.608. The Labute approximate surface area is 138 Å². The van der Waals surface area contributed by atoms with Crippen LogP contribution in [0.15, 0.2) is 24.3 Å². The van der Waals surface area contributed by atoms with E-state index in [-0.39, 0.29) is 18.0 Å². The van der Waals surface area contributed by atoms with Gasteiger partial charge in [0.15, 0.2) is 0 Å². The summed E-state index contributed by atoms with van der Waals surface area (Å²) in [4.78, 5) is 2.23. The predicted octanol–water partition coefficient (Wildman–Crippen LogP) is 2.59. The highest BCUT2D eigenvalue weighted by Gasteiger charge is 2.22. The quantitative estimate of drug-likeness (QED) is 0.798. The Hall–Kier alpha value is -1.01. The first-order chi connectivity index (χ1) is 11.0. The second-order valence-corrected chi connectivity index (χ2v) is 6.44. The van der Waals surface area contributed by atoms with Gasteiger partial charge in [0.25, 0.3) is 0 Å². The summed E-state index contributed by atoms with van der Waals surface area (Å²) in [5.74, 6) is -0.210. The maximum atomic E-state index is 13.6. The summed E-state index contributed by atoms with van der Waals surface area (Å²) in [6, 6.07) is 6.73. The van der Waals surface area contributed by atoms with Crippen molar-refractivity contribution in [3.63, 3.8) is 0 Å². The molecule has 0 spiro atoms. The number of ether oxygens (including phenoxy) is 2. The van der Waals surface area contributed by atoms with E-state index in [0.29, 0.717) is 25.3 Å². The van der Waals surface area contributed by atoms with E-state index < -0.39 is 6.10 Å².